The van der Waals surface area contributed by atoms with Crippen LogP contribution in [-0.2, 0) is 4.74 Å². The highest BCUT2D eigenvalue weighted by Gasteiger charge is 2.17. The molecule has 0 heterocycles. The van der Waals surface area contributed by atoms with Crippen molar-refractivity contribution in [2.75, 3.05) is 26.3 Å². The van der Waals surface area contributed by atoms with Crippen LogP contribution in [0.1, 0.15) is 52.9 Å². The average molecular weight is 253 g/mol. The summed E-state index contributed by atoms with van der Waals surface area (Å²) >= 11 is 0. The lowest BCUT2D eigenvalue weighted by atomic mass is 9.84. The van der Waals surface area contributed by atoms with Crippen LogP contribution in [0.25, 0.3) is 0 Å². The van der Waals surface area contributed by atoms with Crippen LogP contribution >= 0.6 is 0 Å². The van der Waals surface area contributed by atoms with Crippen molar-refractivity contribution < 1.29 is 4.74 Å². The van der Waals surface area contributed by atoms with Crippen molar-refractivity contribution in [1.82, 2.24) is 5.32 Å². The molecule has 2 atom stereocenters. The lowest BCUT2D eigenvalue weighted by Crippen LogP contribution is -2.27. The van der Waals surface area contributed by atoms with Gasteiger partial charge in [0.15, 0.2) is 0 Å². The molecule has 2 unspecified atom stereocenters. The zero-order chi connectivity index (χ0) is 13.2. The third-order valence-electron chi connectivity index (χ3n) is 3.60. The van der Waals surface area contributed by atoms with Crippen LogP contribution in [-0.4, -0.2) is 26.3 Å². The Balaban J connectivity index is 1.93. The van der Waals surface area contributed by atoms with Crippen LogP contribution in [0, 0.1) is 11.8 Å². The first-order chi connectivity index (χ1) is 8.72. The first kappa shape index (κ1) is 15.7. The molecule has 2 heteroatoms. The van der Waals surface area contributed by atoms with Crippen LogP contribution in [0.5, 0.6) is 0 Å². The number of hydrogen-bond acceptors (Lipinski definition) is 2. The molecule has 0 aromatic heterocycles. The minimum atomic E-state index is 0.767. The molecule has 0 aromatic rings. The molecule has 0 saturated heterocycles. The van der Waals surface area contributed by atoms with Crippen molar-refractivity contribution >= 4 is 0 Å². The summed E-state index contributed by atoms with van der Waals surface area (Å²) in [5, 5.41) is 3.58. The van der Waals surface area contributed by atoms with E-state index in [4.69, 9.17) is 4.74 Å². The van der Waals surface area contributed by atoms with Gasteiger partial charge in [-0.25, -0.2) is 0 Å². The summed E-state index contributed by atoms with van der Waals surface area (Å²) < 4.78 is 5.55. The number of ether oxygens (including phenoxy) is 1. The van der Waals surface area contributed by atoms with Crippen molar-refractivity contribution in [2.45, 2.75) is 52.9 Å². The number of allylic oxidation sites excluding steroid dienone is 2. The van der Waals surface area contributed by atoms with E-state index in [1.807, 2.05) is 0 Å². The van der Waals surface area contributed by atoms with Crippen molar-refractivity contribution in [3.63, 3.8) is 0 Å². The molecule has 1 N–H and O–H groups in total. The Bertz CT molecular complexity index is 237. The molecule has 2 nitrogen and oxygen atoms in total. The fraction of sp³-hybridized carbons (Fsp3) is 0.875. The molecule has 0 aromatic carbocycles. The summed E-state index contributed by atoms with van der Waals surface area (Å²) in [7, 11) is 0. The lowest BCUT2D eigenvalue weighted by Gasteiger charge is -2.25. The summed E-state index contributed by atoms with van der Waals surface area (Å²) in [5.41, 5.74) is 1.57. The van der Waals surface area contributed by atoms with E-state index in [-0.39, 0.29) is 0 Å². The van der Waals surface area contributed by atoms with Crippen LogP contribution in [0.3, 0.4) is 0 Å². The number of unbranched alkanes of at least 4 members (excludes halogenated alkanes) is 1. The minimum Gasteiger partial charge on any atom is -0.381 e. The molecule has 0 aliphatic heterocycles. The third-order valence-corrected chi connectivity index (χ3v) is 3.60. The van der Waals surface area contributed by atoms with Gasteiger partial charge in [0.2, 0.25) is 0 Å². The molecule has 1 rings (SSSR count). The molecular weight excluding hydrogens is 222 g/mol. The smallest absolute Gasteiger partial charge is 0.0478 e. The number of rotatable bonds is 9. The largest absolute Gasteiger partial charge is 0.381 e. The van der Waals surface area contributed by atoms with Gasteiger partial charge in [0, 0.05) is 13.2 Å². The van der Waals surface area contributed by atoms with Gasteiger partial charge in [0.1, 0.15) is 0 Å². The second kappa shape index (κ2) is 9.57. The van der Waals surface area contributed by atoms with E-state index < -0.39 is 0 Å². The summed E-state index contributed by atoms with van der Waals surface area (Å²) in [6, 6.07) is 0. The molecule has 0 spiro atoms. The van der Waals surface area contributed by atoms with E-state index in [1.165, 1.54) is 32.2 Å². The summed E-state index contributed by atoms with van der Waals surface area (Å²) in [5.74, 6) is 1.61. The Hall–Kier alpha value is -0.340. The number of nitrogens with one attached hydrogen (secondary N) is 1. The van der Waals surface area contributed by atoms with Gasteiger partial charge < -0.3 is 10.1 Å². The zero-order valence-electron chi connectivity index (χ0n) is 12.5. The molecule has 0 radical (unpaired) electrons. The van der Waals surface area contributed by atoms with E-state index in [0.717, 1.165) is 38.0 Å². The van der Waals surface area contributed by atoms with Gasteiger partial charge in [0.25, 0.3) is 0 Å². The topological polar surface area (TPSA) is 21.3 Å². The maximum Gasteiger partial charge on any atom is 0.0478 e. The molecule has 106 valence electrons. The van der Waals surface area contributed by atoms with E-state index >= 15 is 0 Å². The molecule has 18 heavy (non-hydrogen) atoms. The highest BCUT2D eigenvalue weighted by molar-refractivity contribution is 5.06. The molecule has 0 amide bonds. The number of hydrogen-bond donors (Lipinski definition) is 1. The van der Waals surface area contributed by atoms with Crippen LogP contribution in [0.15, 0.2) is 11.6 Å². The second-order valence-corrected chi connectivity index (χ2v) is 5.82. The SMILES string of the molecule is CCCCOCCCNCC1CC(C)=CC(C)C1. The highest BCUT2D eigenvalue weighted by atomic mass is 16.5. The van der Waals surface area contributed by atoms with Crippen molar-refractivity contribution in [3.8, 4) is 0 Å². The predicted octanol–water partition coefficient (Wildman–Crippen LogP) is 3.78. The van der Waals surface area contributed by atoms with Crippen molar-refractivity contribution in [3.05, 3.63) is 11.6 Å². The molecule has 0 saturated carbocycles. The van der Waals surface area contributed by atoms with Gasteiger partial charge in [0.05, 0.1) is 0 Å². The Morgan fingerprint density at radius 1 is 1.33 bits per heavy atom. The maximum atomic E-state index is 5.55. The monoisotopic (exact) mass is 253 g/mol. The van der Waals surface area contributed by atoms with Gasteiger partial charge in [-0.05, 0) is 57.5 Å². The van der Waals surface area contributed by atoms with E-state index in [1.54, 1.807) is 5.57 Å². The van der Waals surface area contributed by atoms with Crippen LogP contribution < -0.4 is 5.32 Å². The predicted molar refractivity (Wildman–Crippen MR) is 78.9 cm³/mol. The quantitative estimate of drug-likeness (QED) is 0.499. The van der Waals surface area contributed by atoms with Gasteiger partial charge >= 0.3 is 0 Å². The van der Waals surface area contributed by atoms with Gasteiger partial charge in [-0.15, -0.1) is 0 Å². The van der Waals surface area contributed by atoms with Crippen LogP contribution in [0.2, 0.25) is 0 Å². The van der Waals surface area contributed by atoms with Crippen molar-refractivity contribution in [2.24, 2.45) is 11.8 Å². The summed E-state index contributed by atoms with van der Waals surface area (Å²) in [6.07, 6.45) is 8.62. The van der Waals surface area contributed by atoms with E-state index in [9.17, 15) is 0 Å². The minimum absolute atomic E-state index is 0.767. The van der Waals surface area contributed by atoms with E-state index in [0.29, 0.717) is 0 Å². The molecule has 1 aliphatic rings. The first-order valence-corrected chi connectivity index (χ1v) is 7.68. The average Bonchev–Trinajstić information content (AvgIpc) is 2.31. The standard InChI is InChI=1S/C16H31NO/c1-4-5-8-18-9-6-7-17-13-16-11-14(2)10-15(3)12-16/h10,14,16-17H,4-9,11-13H2,1-3H3. The molecule has 0 fully saturated rings. The Morgan fingerprint density at radius 3 is 2.83 bits per heavy atom. The molecular formula is C16H31NO. The van der Waals surface area contributed by atoms with E-state index in [2.05, 4.69) is 32.2 Å². The fourth-order valence-electron chi connectivity index (χ4n) is 2.80. The Kier molecular flexibility index (Phi) is 8.36. The third kappa shape index (κ3) is 7.17. The summed E-state index contributed by atoms with van der Waals surface area (Å²) in [4.78, 5) is 0. The van der Waals surface area contributed by atoms with Gasteiger partial charge in [-0.1, -0.05) is 31.9 Å². The van der Waals surface area contributed by atoms with Crippen molar-refractivity contribution in [1.29, 1.82) is 0 Å². The molecule has 1 aliphatic carbocycles. The van der Waals surface area contributed by atoms with Gasteiger partial charge in [-0.3, -0.25) is 0 Å². The van der Waals surface area contributed by atoms with Gasteiger partial charge in [-0.2, -0.15) is 0 Å². The second-order valence-electron chi connectivity index (χ2n) is 5.82. The Morgan fingerprint density at radius 2 is 2.11 bits per heavy atom. The lowest BCUT2D eigenvalue weighted by molar-refractivity contribution is 0.128. The Labute approximate surface area is 113 Å². The first-order valence-electron chi connectivity index (χ1n) is 7.68. The normalized spacial score (nSPS) is 24.1. The highest BCUT2D eigenvalue weighted by Crippen LogP contribution is 2.27. The zero-order valence-corrected chi connectivity index (χ0v) is 12.5. The fourth-order valence-corrected chi connectivity index (χ4v) is 2.80. The summed E-state index contributed by atoms with van der Waals surface area (Å²) in [6.45, 7) is 10.9. The van der Waals surface area contributed by atoms with Crippen LogP contribution in [0.4, 0.5) is 0 Å². The maximum absolute atomic E-state index is 5.55. The molecule has 0 bridgehead atoms.